The Hall–Kier alpha value is -2.18. The average Bonchev–Trinajstić information content (AvgIpc) is 3.33. The largest absolute Gasteiger partial charge is 0.462 e. The van der Waals surface area contributed by atoms with E-state index in [0.29, 0.717) is 19.3 Å². The number of unbranched alkanes of at least 4 members (excludes halogenated alkanes) is 34. The van der Waals surface area contributed by atoms with Crippen molar-refractivity contribution in [3.05, 3.63) is 48.6 Å². The number of rotatable bonds is 54. The van der Waals surface area contributed by atoms with Crippen LogP contribution in [0.1, 0.15) is 310 Å². The predicted molar refractivity (Wildman–Crippen MR) is 296 cm³/mol. The van der Waals surface area contributed by atoms with Gasteiger partial charge in [0.25, 0.3) is 0 Å². The van der Waals surface area contributed by atoms with Gasteiger partial charge in [-0.2, -0.15) is 0 Å². The lowest BCUT2D eigenvalue weighted by Gasteiger charge is -2.24. The summed E-state index contributed by atoms with van der Waals surface area (Å²) in [6.45, 7) is 6.40. The normalized spacial score (nSPS) is 13.4. The molecule has 0 heterocycles. The van der Waals surface area contributed by atoms with Crippen molar-refractivity contribution in [2.24, 2.45) is 0 Å². The molecule has 0 radical (unpaired) electrons. The van der Waals surface area contributed by atoms with Crippen LogP contribution in [0.25, 0.3) is 0 Å². The van der Waals surface area contributed by atoms with Crippen LogP contribution >= 0.6 is 0 Å². The highest BCUT2D eigenvalue weighted by Crippen LogP contribution is 2.18. The van der Waals surface area contributed by atoms with Gasteiger partial charge in [-0.25, -0.2) is 0 Å². The molecular formula is C62H115NO5. The monoisotopic (exact) mass is 954 g/mol. The Morgan fingerprint density at radius 2 is 0.794 bits per heavy atom. The third-order valence-electron chi connectivity index (χ3n) is 13.6. The van der Waals surface area contributed by atoms with Crippen molar-refractivity contribution >= 4 is 11.9 Å². The Morgan fingerprint density at radius 1 is 0.441 bits per heavy atom. The van der Waals surface area contributed by atoms with Gasteiger partial charge in [0, 0.05) is 6.42 Å². The lowest BCUT2D eigenvalue weighted by Crippen LogP contribution is -2.46. The molecule has 3 unspecified atom stereocenters. The third-order valence-corrected chi connectivity index (χ3v) is 13.6. The molecule has 0 aromatic rings. The van der Waals surface area contributed by atoms with Gasteiger partial charge in [-0.05, 0) is 83.5 Å². The van der Waals surface area contributed by atoms with E-state index in [-0.39, 0.29) is 24.9 Å². The van der Waals surface area contributed by atoms with Crippen molar-refractivity contribution in [1.82, 2.24) is 5.32 Å². The van der Waals surface area contributed by atoms with E-state index in [9.17, 15) is 19.8 Å². The summed E-state index contributed by atoms with van der Waals surface area (Å²) in [5.74, 6) is -0.486. The first-order valence-electron chi connectivity index (χ1n) is 29.9. The van der Waals surface area contributed by atoms with Crippen LogP contribution in [0.2, 0.25) is 0 Å². The molecule has 0 aliphatic carbocycles. The molecule has 0 saturated heterocycles. The number of hydrogen-bond donors (Lipinski definition) is 3. The van der Waals surface area contributed by atoms with E-state index >= 15 is 0 Å². The fraction of sp³-hybridized carbons (Fsp3) is 0.839. The SMILES string of the molecule is CC/C=C/C/C=C/C/C=C/CCCCCCC(CC(=O)NC(CO)C(O)CCCCCCCCCCCCCCCCCC)OC(=O)CCCCCCCCCCC/C=C/CCCCCCCC. The van der Waals surface area contributed by atoms with Gasteiger partial charge in [0.2, 0.25) is 5.91 Å². The Balaban J connectivity index is 4.52. The van der Waals surface area contributed by atoms with Crippen LogP contribution in [0.15, 0.2) is 48.6 Å². The number of carbonyl (C=O) groups is 2. The highest BCUT2D eigenvalue weighted by atomic mass is 16.5. The molecular weight excluding hydrogens is 839 g/mol. The highest BCUT2D eigenvalue weighted by Gasteiger charge is 2.24. The van der Waals surface area contributed by atoms with E-state index < -0.39 is 18.2 Å². The zero-order chi connectivity index (χ0) is 49.5. The average molecular weight is 955 g/mol. The molecule has 0 aliphatic rings. The Bertz CT molecular complexity index is 1160. The van der Waals surface area contributed by atoms with Gasteiger partial charge in [0.05, 0.1) is 25.2 Å². The van der Waals surface area contributed by atoms with Crippen LogP contribution in [-0.2, 0) is 14.3 Å². The van der Waals surface area contributed by atoms with Gasteiger partial charge in [-0.3, -0.25) is 9.59 Å². The Labute approximate surface area is 423 Å². The van der Waals surface area contributed by atoms with Crippen LogP contribution in [0.5, 0.6) is 0 Å². The van der Waals surface area contributed by atoms with Gasteiger partial charge in [0.15, 0.2) is 0 Å². The van der Waals surface area contributed by atoms with Crippen molar-refractivity contribution in [3.63, 3.8) is 0 Å². The maximum Gasteiger partial charge on any atom is 0.306 e. The molecule has 6 heteroatoms. The number of allylic oxidation sites excluding steroid dienone is 8. The molecule has 398 valence electrons. The highest BCUT2D eigenvalue weighted by molar-refractivity contribution is 5.77. The van der Waals surface area contributed by atoms with Crippen LogP contribution in [0.4, 0.5) is 0 Å². The third kappa shape index (κ3) is 50.2. The fourth-order valence-corrected chi connectivity index (χ4v) is 9.15. The molecule has 0 aliphatic heterocycles. The summed E-state index contributed by atoms with van der Waals surface area (Å²) in [6, 6.07) is -0.710. The lowest BCUT2D eigenvalue weighted by atomic mass is 10.0. The summed E-state index contributed by atoms with van der Waals surface area (Å²) in [7, 11) is 0. The van der Waals surface area contributed by atoms with E-state index in [1.54, 1.807) is 0 Å². The quantitative estimate of drug-likeness (QED) is 0.0321. The maximum atomic E-state index is 13.3. The van der Waals surface area contributed by atoms with E-state index in [0.717, 1.165) is 89.9 Å². The zero-order valence-electron chi connectivity index (χ0n) is 45.5. The number of esters is 1. The summed E-state index contributed by atoms with van der Waals surface area (Å²) < 4.78 is 5.96. The minimum atomic E-state index is -0.795. The van der Waals surface area contributed by atoms with Crippen molar-refractivity contribution in [3.8, 4) is 0 Å². The van der Waals surface area contributed by atoms with Crippen LogP contribution in [-0.4, -0.2) is 46.9 Å². The van der Waals surface area contributed by atoms with E-state index in [2.05, 4.69) is 74.7 Å². The van der Waals surface area contributed by atoms with Crippen LogP contribution in [0, 0.1) is 0 Å². The second-order valence-electron chi connectivity index (χ2n) is 20.4. The minimum absolute atomic E-state index is 0.0635. The zero-order valence-corrected chi connectivity index (χ0v) is 45.5. The molecule has 68 heavy (non-hydrogen) atoms. The number of aliphatic hydroxyl groups is 2. The van der Waals surface area contributed by atoms with Gasteiger partial charge < -0.3 is 20.3 Å². The first-order chi connectivity index (χ1) is 33.5. The van der Waals surface area contributed by atoms with Crippen molar-refractivity contribution in [2.75, 3.05) is 6.61 Å². The molecule has 0 rings (SSSR count). The van der Waals surface area contributed by atoms with Crippen molar-refractivity contribution in [1.29, 1.82) is 0 Å². The summed E-state index contributed by atoms with van der Waals surface area (Å²) in [4.78, 5) is 26.3. The van der Waals surface area contributed by atoms with Gasteiger partial charge in [-0.1, -0.05) is 262 Å². The standard InChI is InChI=1S/C62H115NO5/c1-4-7-10-13-16-19-22-25-28-30-31-32-34-37-40-43-46-49-52-55-62(67)68-58(53-50-47-44-41-38-35-27-24-21-18-15-12-9-6-3)56-61(66)63-59(57-64)60(65)54-51-48-45-42-39-36-33-29-26-23-20-17-14-11-8-5-2/h9,12,18,21,25,27-28,35,58-60,64-65H,4-8,10-11,13-17,19-20,22-24,26,29-34,36-57H2,1-3H3,(H,63,66)/b12-9+,21-18+,28-25+,35-27+. The molecule has 0 aromatic heterocycles. The molecule has 6 nitrogen and oxygen atoms in total. The molecule has 1 amide bonds. The number of amides is 1. The summed E-state index contributed by atoms with van der Waals surface area (Å²) in [6.07, 6.45) is 69.0. The van der Waals surface area contributed by atoms with Crippen molar-refractivity contribution in [2.45, 2.75) is 328 Å². The predicted octanol–water partition coefficient (Wildman–Crippen LogP) is 18.6. The van der Waals surface area contributed by atoms with E-state index in [1.807, 2.05) is 0 Å². The van der Waals surface area contributed by atoms with E-state index in [4.69, 9.17) is 4.74 Å². The summed E-state index contributed by atoms with van der Waals surface area (Å²) in [5.41, 5.74) is 0. The van der Waals surface area contributed by atoms with E-state index in [1.165, 1.54) is 173 Å². The van der Waals surface area contributed by atoms with Gasteiger partial charge >= 0.3 is 5.97 Å². The second kappa shape index (κ2) is 55.7. The lowest BCUT2D eigenvalue weighted by molar-refractivity contribution is -0.151. The molecule has 0 saturated carbocycles. The minimum Gasteiger partial charge on any atom is -0.462 e. The first-order valence-corrected chi connectivity index (χ1v) is 29.9. The van der Waals surface area contributed by atoms with Crippen LogP contribution < -0.4 is 5.32 Å². The smallest absolute Gasteiger partial charge is 0.306 e. The molecule has 3 N–H and O–H groups in total. The molecule has 0 aromatic carbocycles. The molecule has 0 fully saturated rings. The number of nitrogens with one attached hydrogen (secondary N) is 1. The number of ether oxygens (including phenoxy) is 1. The maximum absolute atomic E-state index is 13.3. The molecule has 3 atom stereocenters. The Kier molecular flexibility index (Phi) is 54.0. The second-order valence-corrected chi connectivity index (χ2v) is 20.4. The number of aliphatic hydroxyl groups excluding tert-OH is 2. The summed E-state index contributed by atoms with van der Waals surface area (Å²) in [5, 5.41) is 23.9. The van der Waals surface area contributed by atoms with Crippen LogP contribution in [0.3, 0.4) is 0 Å². The Morgan fingerprint density at radius 3 is 1.22 bits per heavy atom. The fourth-order valence-electron chi connectivity index (χ4n) is 9.15. The summed E-state index contributed by atoms with van der Waals surface area (Å²) >= 11 is 0. The molecule has 0 spiro atoms. The van der Waals surface area contributed by atoms with Crippen molar-refractivity contribution < 1.29 is 24.5 Å². The first kappa shape index (κ1) is 65.8. The molecule has 0 bridgehead atoms. The number of hydrogen-bond acceptors (Lipinski definition) is 5. The number of carbonyl (C=O) groups excluding carboxylic acids is 2. The van der Waals surface area contributed by atoms with Gasteiger partial charge in [0.1, 0.15) is 6.10 Å². The van der Waals surface area contributed by atoms with Gasteiger partial charge in [-0.15, -0.1) is 0 Å². The topological polar surface area (TPSA) is 95.9 Å².